The summed E-state index contributed by atoms with van der Waals surface area (Å²) in [6.45, 7) is 9.84. The predicted molar refractivity (Wildman–Crippen MR) is 187 cm³/mol. The number of furan rings is 1. The minimum Gasteiger partial charge on any atom is -0.497 e. The number of piperazine rings is 1. The van der Waals surface area contributed by atoms with Crippen LogP contribution < -0.4 is 14.5 Å². The molecule has 49 heavy (non-hydrogen) atoms. The summed E-state index contributed by atoms with van der Waals surface area (Å²) in [5, 5.41) is 9.94. The van der Waals surface area contributed by atoms with E-state index in [1.807, 2.05) is 42.5 Å². The Bertz CT molecular complexity index is 1830. The summed E-state index contributed by atoms with van der Waals surface area (Å²) in [6, 6.07) is 19.7. The van der Waals surface area contributed by atoms with Gasteiger partial charge in [-0.15, -0.1) is 0 Å². The summed E-state index contributed by atoms with van der Waals surface area (Å²) in [7, 11) is 1.61. The number of ether oxygens (including phenoxy) is 1. The van der Waals surface area contributed by atoms with Gasteiger partial charge in [0.15, 0.2) is 0 Å². The highest BCUT2D eigenvalue weighted by Crippen LogP contribution is 2.33. The number of benzene rings is 2. The maximum atomic E-state index is 13.7. The summed E-state index contributed by atoms with van der Waals surface area (Å²) in [4.78, 5) is 41.5. The Morgan fingerprint density at radius 3 is 2.47 bits per heavy atom. The van der Waals surface area contributed by atoms with Gasteiger partial charge in [-0.3, -0.25) is 24.4 Å². The second-order valence-electron chi connectivity index (χ2n) is 13.5. The molecule has 5 heterocycles. The molecule has 0 radical (unpaired) electrons. The maximum Gasteiger partial charge on any atom is 0.331 e. The Kier molecular flexibility index (Phi) is 9.51. The molecule has 11 heteroatoms. The zero-order chi connectivity index (χ0) is 33.9. The number of carbonyl (C=O) groups excluding carboxylic acids is 2. The smallest absolute Gasteiger partial charge is 0.331 e. The second-order valence-corrected chi connectivity index (χ2v) is 13.5. The van der Waals surface area contributed by atoms with E-state index < -0.39 is 0 Å². The van der Waals surface area contributed by atoms with Crippen molar-refractivity contribution in [2.45, 2.75) is 45.3 Å². The van der Waals surface area contributed by atoms with Crippen molar-refractivity contribution in [2.75, 3.05) is 62.7 Å². The number of fused-ring (bicyclic) bond motifs is 1. The van der Waals surface area contributed by atoms with Crippen LogP contribution >= 0.6 is 0 Å². The highest BCUT2D eigenvalue weighted by Gasteiger charge is 2.35. The van der Waals surface area contributed by atoms with E-state index in [1.54, 1.807) is 24.5 Å². The molecule has 3 fully saturated rings. The van der Waals surface area contributed by atoms with E-state index in [0.29, 0.717) is 29.8 Å². The fraction of sp³-hybridized carbons (Fsp3) is 0.421. The van der Waals surface area contributed by atoms with E-state index in [0.717, 1.165) is 86.8 Å². The SMILES string of the molecule is COc1ccc(CN2C(=O)CCN(c3coc4ccc(CN5CCN(CC6CCN(c7ccc(C#N)cn7)CC6)C(C)C5)cc34)C2=O)cc1. The maximum absolute atomic E-state index is 13.7. The minimum absolute atomic E-state index is 0.176. The van der Waals surface area contributed by atoms with Crippen LogP contribution in [0.2, 0.25) is 0 Å². The van der Waals surface area contributed by atoms with Gasteiger partial charge in [-0.1, -0.05) is 18.2 Å². The minimum atomic E-state index is -0.332. The van der Waals surface area contributed by atoms with Gasteiger partial charge in [0.1, 0.15) is 29.5 Å². The molecule has 2 aromatic carbocycles. The number of anilines is 2. The zero-order valence-electron chi connectivity index (χ0n) is 28.3. The molecule has 0 spiro atoms. The highest BCUT2D eigenvalue weighted by molar-refractivity contribution is 6.09. The molecule has 3 aliphatic heterocycles. The normalized spacial score (nSPS) is 19.9. The van der Waals surface area contributed by atoms with Crippen molar-refractivity contribution in [3.63, 3.8) is 0 Å². The number of methoxy groups -OCH3 is 1. The van der Waals surface area contributed by atoms with E-state index in [2.05, 4.69) is 44.8 Å². The zero-order valence-corrected chi connectivity index (χ0v) is 28.3. The lowest BCUT2D eigenvalue weighted by molar-refractivity contribution is -0.129. The van der Waals surface area contributed by atoms with Gasteiger partial charge in [0, 0.05) is 76.4 Å². The van der Waals surface area contributed by atoms with Gasteiger partial charge >= 0.3 is 6.03 Å². The molecular formula is C38H43N7O4. The van der Waals surface area contributed by atoms with Crippen LogP contribution in [0, 0.1) is 17.2 Å². The van der Waals surface area contributed by atoms with Crippen LogP contribution in [0.4, 0.5) is 16.3 Å². The van der Waals surface area contributed by atoms with Crippen molar-refractivity contribution in [1.29, 1.82) is 5.26 Å². The Balaban J connectivity index is 0.945. The second kappa shape index (κ2) is 14.3. The van der Waals surface area contributed by atoms with Crippen molar-refractivity contribution < 1.29 is 18.7 Å². The van der Waals surface area contributed by atoms with Gasteiger partial charge in [0.25, 0.3) is 0 Å². The number of rotatable bonds is 9. The highest BCUT2D eigenvalue weighted by atomic mass is 16.5. The van der Waals surface area contributed by atoms with Gasteiger partial charge in [-0.25, -0.2) is 9.78 Å². The molecule has 0 bridgehead atoms. The fourth-order valence-electron chi connectivity index (χ4n) is 7.41. The third-order valence-corrected chi connectivity index (χ3v) is 10.3. The number of nitrogens with zero attached hydrogens (tertiary/aromatic N) is 7. The molecular weight excluding hydrogens is 618 g/mol. The van der Waals surface area contributed by atoms with Gasteiger partial charge in [0.05, 0.1) is 24.9 Å². The quantitative estimate of drug-likeness (QED) is 0.230. The fourth-order valence-corrected chi connectivity index (χ4v) is 7.41. The summed E-state index contributed by atoms with van der Waals surface area (Å²) in [6.07, 6.45) is 5.85. The average Bonchev–Trinajstić information content (AvgIpc) is 3.55. The van der Waals surface area contributed by atoms with E-state index in [1.165, 1.54) is 10.5 Å². The molecule has 2 aromatic heterocycles. The first-order chi connectivity index (χ1) is 23.9. The number of hydrogen-bond acceptors (Lipinski definition) is 9. The van der Waals surface area contributed by atoms with Crippen molar-refractivity contribution in [2.24, 2.45) is 5.92 Å². The molecule has 254 valence electrons. The molecule has 3 saturated heterocycles. The molecule has 11 nitrogen and oxygen atoms in total. The Morgan fingerprint density at radius 1 is 0.959 bits per heavy atom. The van der Waals surface area contributed by atoms with Crippen LogP contribution in [0.1, 0.15) is 42.9 Å². The van der Waals surface area contributed by atoms with Crippen molar-refractivity contribution in [3.05, 3.63) is 83.7 Å². The lowest BCUT2D eigenvalue weighted by atomic mass is 9.95. The largest absolute Gasteiger partial charge is 0.497 e. The summed E-state index contributed by atoms with van der Waals surface area (Å²) in [5.74, 6) is 2.19. The van der Waals surface area contributed by atoms with Crippen LogP contribution in [-0.2, 0) is 17.9 Å². The Morgan fingerprint density at radius 2 is 1.76 bits per heavy atom. The van der Waals surface area contributed by atoms with E-state index in [-0.39, 0.29) is 24.9 Å². The molecule has 3 amide bonds. The van der Waals surface area contributed by atoms with Crippen LogP contribution in [0.5, 0.6) is 5.75 Å². The first-order valence-corrected chi connectivity index (χ1v) is 17.2. The van der Waals surface area contributed by atoms with Gasteiger partial charge in [-0.05, 0) is 73.2 Å². The first kappa shape index (κ1) is 32.6. The molecule has 0 N–H and O–H groups in total. The van der Waals surface area contributed by atoms with Crippen molar-refractivity contribution in [3.8, 4) is 11.8 Å². The number of imide groups is 1. The number of amides is 3. The van der Waals surface area contributed by atoms with E-state index in [9.17, 15) is 9.59 Å². The third kappa shape index (κ3) is 7.12. The molecule has 0 aliphatic carbocycles. The number of piperidine rings is 1. The van der Waals surface area contributed by atoms with E-state index >= 15 is 0 Å². The lowest BCUT2D eigenvalue weighted by Crippen LogP contribution is -2.53. The number of hydrogen-bond donors (Lipinski definition) is 0. The van der Waals surface area contributed by atoms with Crippen molar-refractivity contribution in [1.82, 2.24) is 19.7 Å². The van der Waals surface area contributed by atoms with Crippen LogP contribution in [0.3, 0.4) is 0 Å². The summed E-state index contributed by atoms with van der Waals surface area (Å²) >= 11 is 0. The standard InChI is InChI=1S/C38H43N7O4/c1-27-22-41(17-18-43(27)24-29-11-14-42(15-12-29)36-10-6-31(20-39)21-40-36)23-30-5-9-35-33(19-30)34(26-49-35)44-16-13-37(46)45(38(44)47)25-28-3-7-32(48-2)8-4-28/h3-10,19,21,26-27,29H,11-18,22-25H2,1-2H3. The molecule has 1 atom stereocenters. The molecule has 3 aliphatic rings. The van der Waals surface area contributed by atoms with Crippen LogP contribution in [-0.4, -0.2) is 90.6 Å². The van der Waals surface area contributed by atoms with Crippen LogP contribution in [0.15, 0.2) is 71.5 Å². The predicted octanol–water partition coefficient (Wildman–Crippen LogP) is 5.49. The number of urea groups is 1. The van der Waals surface area contributed by atoms with Gasteiger partial charge in [0.2, 0.25) is 5.91 Å². The molecule has 1 unspecified atom stereocenters. The van der Waals surface area contributed by atoms with Crippen LogP contribution in [0.25, 0.3) is 11.0 Å². The summed E-state index contributed by atoms with van der Waals surface area (Å²) in [5.41, 5.74) is 4.06. The summed E-state index contributed by atoms with van der Waals surface area (Å²) < 4.78 is 11.1. The Labute approximate surface area is 287 Å². The monoisotopic (exact) mass is 661 g/mol. The molecule has 7 rings (SSSR count). The molecule has 0 saturated carbocycles. The number of pyridine rings is 1. The van der Waals surface area contributed by atoms with Crippen molar-refractivity contribution >= 4 is 34.4 Å². The number of carbonyl (C=O) groups is 2. The van der Waals surface area contributed by atoms with Gasteiger partial charge < -0.3 is 14.1 Å². The topological polar surface area (TPSA) is 109 Å². The lowest BCUT2D eigenvalue weighted by Gasteiger charge is -2.43. The number of nitriles is 1. The number of aromatic nitrogens is 1. The van der Waals surface area contributed by atoms with E-state index in [4.69, 9.17) is 14.4 Å². The van der Waals surface area contributed by atoms with Gasteiger partial charge in [-0.2, -0.15) is 5.26 Å². The average molecular weight is 662 g/mol. The Hall–Kier alpha value is -4.92. The first-order valence-electron chi connectivity index (χ1n) is 17.2. The molecule has 4 aromatic rings. The third-order valence-electron chi connectivity index (χ3n) is 10.3.